The van der Waals surface area contributed by atoms with E-state index in [4.69, 9.17) is 0 Å². The van der Waals surface area contributed by atoms with E-state index >= 15 is 0 Å². The lowest BCUT2D eigenvalue weighted by Gasteiger charge is -2.21. The van der Waals surface area contributed by atoms with Crippen LogP contribution in [-0.4, -0.2) is 68.3 Å². The van der Waals surface area contributed by atoms with Crippen molar-refractivity contribution in [3.05, 3.63) is 0 Å². The molecular weight excluding hydrogens is 459 g/mol. The predicted molar refractivity (Wildman–Crippen MR) is 66.5 cm³/mol. The summed E-state index contributed by atoms with van der Waals surface area (Å²) in [6.07, 6.45) is -9.17. The molecule has 0 saturated carbocycles. The van der Waals surface area contributed by atoms with Crippen molar-refractivity contribution < 1.29 is 64.8 Å². The summed E-state index contributed by atoms with van der Waals surface area (Å²) < 4.78 is 72.9. The van der Waals surface area contributed by atoms with E-state index in [0.717, 1.165) is 9.80 Å². The number of halogens is 7. The highest BCUT2D eigenvalue weighted by Crippen LogP contribution is 2.18. The van der Waals surface area contributed by atoms with Gasteiger partial charge >= 0.3 is 24.2 Å². The molecule has 0 aliphatic carbocycles. The Morgan fingerprint density at radius 3 is 2.17 bits per heavy atom. The van der Waals surface area contributed by atoms with Crippen molar-refractivity contribution >= 4 is 11.8 Å². The molecule has 0 bridgehead atoms. The maximum Gasteiger partial charge on any atom is 0.471 e. The molecule has 0 aromatic carbocycles. The summed E-state index contributed by atoms with van der Waals surface area (Å²) in [7, 11) is 0. The Morgan fingerprint density at radius 2 is 1.62 bits per heavy atom. The number of hydrogen-bond donors (Lipinski definition) is 2. The third-order valence-corrected chi connectivity index (χ3v) is 3.47. The molecular formula is C12H18F6IN3O2. The average molecular weight is 477 g/mol. The second-order valence-electron chi connectivity index (χ2n) is 5.25. The summed E-state index contributed by atoms with van der Waals surface area (Å²) in [6.45, 7) is 1.01. The number of nitrogens with zero attached hydrogens (tertiary/aromatic N) is 1. The van der Waals surface area contributed by atoms with Crippen LogP contribution in [0.15, 0.2) is 0 Å². The topological polar surface area (TPSA) is 53.9 Å². The van der Waals surface area contributed by atoms with Gasteiger partial charge in [-0.25, -0.2) is 0 Å². The molecule has 0 radical (unpaired) electrons. The van der Waals surface area contributed by atoms with Crippen molar-refractivity contribution in [1.29, 1.82) is 0 Å². The standard InChI is InChI=1S/C12H17F6N3O2.HI/c13-11(14,15)9(22)19-3-1-4-20-5-2-6-21(8-7-20)10(23)12(16,17)18;/h1-8H2,(H,19,22);1H. The molecule has 1 rings (SSSR count). The quantitative estimate of drug-likeness (QED) is 0.254. The van der Waals surface area contributed by atoms with Gasteiger partial charge in [-0.1, -0.05) is 0 Å². The van der Waals surface area contributed by atoms with Crippen LogP contribution in [0.1, 0.15) is 12.8 Å². The molecule has 12 heteroatoms. The molecule has 1 heterocycles. The van der Waals surface area contributed by atoms with Gasteiger partial charge < -0.3 is 39.1 Å². The lowest BCUT2D eigenvalue weighted by atomic mass is 10.3. The molecule has 1 unspecified atom stereocenters. The number of hydrogen-bond acceptors (Lipinski definition) is 2. The van der Waals surface area contributed by atoms with Crippen molar-refractivity contribution in [2.24, 2.45) is 0 Å². The summed E-state index contributed by atoms with van der Waals surface area (Å²) in [6, 6.07) is 0. The summed E-state index contributed by atoms with van der Waals surface area (Å²) in [5, 5.41) is 1.73. The molecule has 24 heavy (non-hydrogen) atoms. The van der Waals surface area contributed by atoms with E-state index < -0.39 is 24.2 Å². The molecule has 1 atom stereocenters. The minimum absolute atomic E-state index is 0. The third kappa shape index (κ3) is 7.85. The number of alkyl halides is 6. The molecule has 2 N–H and O–H groups in total. The first-order valence-corrected chi connectivity index (χ1v) is 7.06. The maximum absolute atomic E-state index is 12.4. The Labute approximate surface area is 151 Å². The number of carbonyl (C=O) groups is 2. The van der Waals surface area contributed by atoms with Gasteiger partial charge in [-0.15, -0.1) is 0 Å². The minimum atomic E-state index is -4.92. The summed E-state index contributed by atoms with van der Waals surface area (Å²) in [5.41, 5.74) is 0. The van der Waals surface area contributed by atoms with E-state index in [0.29, 0.717) is 19.5 Å². The van der Waals surface area contributed by atoms with Crippen LogP contribution >= 0.6 is 0 Å². The van der Waals surface area contributed by atoms with Crippen LogP contribution < -0.4 is 34.2 Å². The fraction of sp³-hybridized carbons (Fsp3) is 0.833. The Kier molecular flexibility index (Phi) is 9.31. The van der Waals surface area contributed by atoms with Crippen LogP contribution in [0.25, 0.3) is 0 Å². The highest BCUT2D eigenvalue weighted by molar-refractivity contribution is 5.82. The van der Waals surface area contributed by atoms with Gasteiger partial charge in [0.15, 0.2) is 0 Å². The van der Waals surface area contributed by atoms with E-state index in [1.807, 2.05) is 0 Å². The van der Waals surface area contributed by atoms with Gasteiger partial charge in [0, 0.05) is 25.9 Å². The van der Waals surface area contributed by atoms with E-state index in [1.165, 1.54) is 0 Å². The van der Waals surface area contributed by atoms with Crippen LogP contribution in [0.2, 0.25) is 0 Å². The molecule has 1 aliphatic heterocycles. The van der Waals surface area contributed by atoms with Crippen LogP contribution in [0.5, 0.6) is 0 Å². The van der Waals surface area contributed by atoms with Gasteiger partial charge in [0.25, 0.3) is 0 Å². The molecule has 0 aromatic heterocycles. The molecule has 5 nitrogen and oxygen atoms in total. The Bertz CT molecular complexity index is 430. The number of quaternary nitrogens is 1. The number of nitrogens with one attached hydrogen (secondary N) is 2. The molecule has 1 saturated heterocycles. The Balaban J connectivity index is 0.00000529. The largest absolute Gasteiger partial charge is 1.00 e. The van der Waals surface area contributed by atoms with Crippen LogP contribution in [-0.2, 0) is 9.59 Å². The average Bonchev–Trinajstić information content (AvgIpc) is 2.66. The van der Waals surface area contributed by atoms with Crippen LogP contribution in [0, 0.1) is 0 Å². The van der Waals surface area contributed by atoms with E-state index in [-0.39, 0.29) is 56.6 Å². The first kappa shape index (κ1) is 23.2. The second kappa shape index (κ2) is 9.63. The van der Waals surface area contributed by atoms with E-state index in [1.54, 1.807) is 5.32 Å². The monoisotopic (exact) mass is 477 g/mol. The lowest BCUT2D eigenvalue weighted by molar-refractivity contribution is -0.898. The highest BCUT2D eigenvalue weighted by Gasteiger charge is 2.43. The van der Waals surface area contributed by atoms with Gasteiger partial charge in [-0.2, -0.15) is 26.3 Å². The van der Waals surface area contributed by atoms with Gasteiger partial charge in [0.1, 0.15) is 0 Å². The van der Waals surface area contributed by atoms with Crippen molar-refractivity contribution in [1.82, 2.24) is 10.2 Å². The first-order valence-electron chi connectivity index (χ1n) is 7.06. The van der Waals surface area contributed by atoms with E-state index in [2.05, 4.69) is 0 Å². The first-order chi connectivity index (χ1) is 10.5. The molecule has 1 aliphatic rings. The van der Waals surface area contributed by atoms with Crippen molar-refractivity contribution in [3.63, 3.8) is 0 Å². The van der Waals surface area contributed by atoms with Gasteiger partial charge in [0.05, 0.1) is 26.2 Å². The summed E-state index contributed by atoms with van der Waals surface area (Å²) in [5.74, 6) is -3.87. The lowest BCUT2D eigenvalue weighted by Crippen LogP contribution is -3.12. The normalized spacial score (nSPS) is 19.2. The molecule has 142 valence electrons. The fourth-order valence-corrected chi connectivity index (χ4v) is 2.32. The van der Waals surface area contributed by atoms with Crippen LogP contribution in [0.3, 0.4) is 0 Å². The minimum Gasteiger partial charge on any atom is -1.00 e. The number of amides is 2. The van der Waals surface area contributed by atoms with Crippen molar-refractivity contribution in [2.45, 2.75) is 25.2 Å². The maximum atomic E-state index is 12.4. The van der Waals surface area contributed by atoms with Crippen molar-refractivity contribution in [3.8, 4) is 0 Å². The van der Waals surface area contributed by atoms with Crippen molar-refractivity contribution in [2.75, 3.05) is 39.3 Å². The molecule has 0 aromatic rings. The summed E-state index contributed by atoms with van der Waals surface area (Å²) in [4.78, 5) is 23.4. The zero-order valence-corrected chi connectivity index (χ0v) is 14.7. The predicted octanol–water partition coefficient (Wildman–Crippen LogP) is -3.26. The fourth-order valence-electron chi connectivity index (χ4n) is 2.32. The van der Waals surface area contributed by atoms with E-state index in [9.17, 15) is 35.9 Å². The highest BCUT2D eigenvalue weighted by atomic mass is 127. The Morgan fingerprint density at radius 1 is 1.00 bits per heavy atom. The van der Waals surface area contributed by atoms with Crippen LogP contribution in [0.4, 0.5) is 26.3 Å². The van der Waals surface area contributed by atoms with Gasteiger partial charge in [-0.3, -0.25) is 9.59 Å². The smallest absolute Gasteiger partial charge is 0.471 e. The number of carbonyl (C=O) groups excluding carboxylic acids is 2. The second-order valence-corrected chi connectivity index (χ2v) is 5.25. The number of rotatable bonds is 4. The van der Waals surface area contributed by atoms with Gasteiger partial charge in [0.2, 0.25) is 0 Å². The molecule has 1 fully saturated rings. The SMILES string of the molecule is O=C(NCCC[NH+]1CCCN(C(=O)C(F)(F)F)CC1)C(F)(F)F.[I-]. The molecule has 0 spiro atoms. The third-order valence-electron chi connectivity index (χ3n) is 3.47. The zero-order valence-electron chi connectivity index (χ0n) is 12.6. The van der Waals surface area contributed by atoms with Gasteiger partial charge in [-0.05, 0) is 0 Å². The molecule has 2 amide bonds. The Hall–Kier alpha value is -0.790. The zero-order chi connectivity index (χ0) is 17.7. The summed E-state index contributed by atoms with van der Waals surface area (Å²) >= 11 is 0.